The highest BCUT2D eigenvalue weighted by Crippen LogP contribution is 2.23. The zero-order valence-corrected chi connectivity index (χ0v) is 11.0. The smallest absolute Gasteiger partial charge is 0.129 e. The number of nitrogens with zero attached hydrogens (tertiary/aromatic N) is 1. The summed E-state index contributed by atoms with van der Waals surface area (Å²) in [7, 11) is 0. The second kappa shape index (κ2) is 5.87. The monoisotopic (exact) mass is 237 g/mol. The van der Waals surface area contributed by atoms with E-state index in [-0.39, 0.29) is 12.0 Å². The second-order valence-corrected chi connectivity index (χ2v) is 5.28. The Morgan fingerprint density at radius 1 is 1.47 bits per heavy atom. The summed E-state index contributed by atoms with van der Waals surface area (Å²) in [6.45, 7) is 7.45. The van der Waals surface area contributed by atoms with E-state index in [0.29, 0.717) is 5.69 Å². The summed E-state index contributed by atoms with van der Waals surface area (Å²) in [6, 6.07) is 1.91. The molecule has 1 rings (SSSR count). The fourth-order valence-corrected chi connectivity index (χ4v) is 1.75. The van der Waals surface area contributed by atoms with Crippen molar-refractivity contribution in [3.63, 3.8) is 0 Å². The number of nitrogens with two attached hydrogens (primary N) is 1. The van der Waals surface area contributed by atoms with E-state index in [1.807, 2.05) is 13.0 Å². The number of aliphatic hydroxyl groups is 1. The van der Waals surface area contributed by atoms with Crippen molar-refractivity contribution in [2.45, 2.75) is 33.6 Å². The van der Waals surface area contributed by atoms with Gasteiger partial charge in [-0.1, -0.05) is 13.8 Å². The Kier molecular flexibility index (Phi) is 4.75. The Morgan fingerprint density at radius 3 is 2.76 bits per heavy atom. The minimum Gasteiger partial charge on any atom is -0.397 e. The molecule has 0 aromatic carbocycles. The maximum atomic E-state index is 8.84. The molecule has 0 unspecified atom stereocenters. The number of aromatic nitrogens is 1. The number of hydrogen-bond donors (Lipinski definition) is 3. The number of aliphatic hydroxyl groups excluding tert-OH is 1. The van der Waals surface area contributed by atoms with Crippen LogP contribution in [0.25, 0.3) is 0 Å². The van der Waals surface area contributed by atoms with E-state index in [1.54, 1.807) is 6.20 Å². The molecule has 17 heavy (non-hydrogen) atoms. The molecule has 0 saturated heterocycles. The Balaban J connectivity index is 2.54. The van der Waals surface area contributed by atoms with Gasteiger partial charge in [-0.05, 0) is 36.8 Å². The van der Waals surface area contributed by atoms with Crippen LogP contribution < -0.4 is 11.1 Å². The number of rotatable bonds is 6. The third-order valence-electron chi connectivity index (χ3n) is 2.85. The van der Waals surface area contributed by atoms with Crippen molar-refractivity contribution in [1.82, 2.24) is 4.98 Å². The number of nitrogen functional groups attached to an aromatic ring is 1. The molecule has 0 bridgehead atoms. The minimum atomic E-state index is 0.151. The zero-order valence-electron chi connectivity index (χ0n) is 11.0. The largest absolute Gasteiger partial charge is 0.397 e. The maximum absolute atomic E-state index is 8.84. The van der Waals surface area contributed by atoms with E-state index in [4.69, 9.17) is 10.8 Å². The van der Waals surface area contributed by atoms with Crippen LogP contribution in [0.5, 0.6) is 0 Å². The summed E-state index contributed by atoms with van der Waals surface area (Å²) in [5.41, 5.74) is 7.55. The number of nitrogens with one attached hydrogen (secondary N) is 1. The first kappa shape index (κ1) is 13.8. The van der Waals surface area contributed by atoms with Gasteiger partial charge in [-0.2, -0.15) is 0 Å². The van der Waals surface area contributed by atoms with Gasteiger partial charge in [0.1, 0.15) is 5.82 Å². The third-order valence-corrected chi connectivity index (χ3v) is 2.85. The molecule has 0 aliphatic carbocycles. The first-order valence-corrected chi connectivity index (χ1v) is 6.01. The molecule has 4 N–H and O–H groups in total. The van der Waals surface area contributed by atoms with Crippen molar-refractivity contribution < 1.29 is 5.11 Å². The molecule has 0 atom stereocenters. The highest BCUT2D eigenvalue weighted by molar-refractivity contribution is 5.50. The van der Waals surface area contributed by atoms with Gasteiger partial charge in [-0.3, -0.25) is 0 Å². The van der Waals surface area contributed by atoms with Crippen LogP contribution in [-0.4, -0.2) is 23.2 Å². The van der Waals surface area contributed by atoms with Gasteiger partial charge in [0.25, 0.3) is 0 Å². The van der Waals surface area contributed by atoms with Crippen LogP contribution >= 0.6 is 0 Å². The number of anilines is 2. The van der Waals surface area contributed by atoms with Crippen molar-refractivity contribution in [2.24, 2.45) is 5.41 Å². The quantitative estimate of drug-likeness (QED) is 0.709. The molecule has 4 heteroatoms. The van der Waals surface area contributed by atoms with Crippen molar-refractivity contribution in [3.8, 4) is 0 Å². The Labute approximate surface area is 103 Å². The second-order valence-electron chi connectivity index (χ2n) is 5.28. The molecule has 1 aromatic rings. The van der Waals surface area contributed by atoms with Crippen molar-refractivity contribution in [2.75, 3.05) is 24.2 Å². The minimum absolute atomic E-state index is 0.151. The van der Waals surface area contributed by atoms with Gasteiger partial charge in [-0.15, -0.1) is 0 Å². The van der Waals surface area contributed by atoms with Crippen LogP contribution in [-0.2, 0) is 0 Å². The lowest BCUT2D eigenvalue weighted by molar-refractivity contribution is 0.248. The summed E-state index contributed by atoms with van der Waals surface area (Å²) in [5.74, 6) is 0.885. The topological polar surface area (TPSA) is 71.2 Å². The van der Waals surface area contributed by atoms with Crippen molar-refractivity contribution in [1.29, 1.82) is 0 Å². The van der Waals surface area contributed by atoms with Crippen LogP contribution in [0.1, 0.15) is 32.3 Å². The summed E-state index contributed by atoms with van der Waals surface area (Å²) >= 11 is 0. The Hall–Kier alpha value is -1.29. The van der Waals surface area contributed by atoms with E-state index in [1.165, 1.54) is 0 Å². The van der Waals surface area contributed by atoms with Crippen LogP contribution in [0.3, 0.4) is 0 Å². The zero-order chi connectivity index (χ0) is 12.9. The molecule has 0 aliphatic rings. The predicted molar refractivity (Wildman–Crippen MR) is 72.0 cm³/mol. The van der Waals surface area contributed by atoms with E-state index >= 15 is 0 Å². The molecule has 0 radical (unpaired) electrons. The standard InChI is InChI=1S/C13H23N3O/c1-10-7-11(14)8-15-12(10)16-9-13(2,3)5-4-6-17/h7-8,17H,4-6,9,14H2,1-3H3,(H,15,16). The van der Waals surface area contributed by atoms with Gasteiger partial charge >= 0.3 is 0 Å². The highest BCUT2D eigenvalue weighted by atomic mass is 16.2. The van der Waals surface area contributed by atoms with Gasteiger partial charge in [0.05, 0.1) is 11.9 Å². The van der Waals surface area contributed by atoms with Gasteiger partial charge < -0.3 is 16.2 Å². The SMILES string of the molecule is Cc1cc(N)cnc1NCC(C)(C)CCCO. The highest BCUT2D eigenvalue weighted by Gasteiger charge is 2.17. The number of hydrogen-bond acceptors (Lipinski definition) is 4. The summed E-state index contributed by atoms with van der Waals surface area (Å²) < 4.78 is 0. The molecule has 1 heterocycles. The fraction of sp³-hybridized carbons (Fsp3) is 0.615. The summed E-state index contributed by atoms with van der Waals surface area (Å²) in [6.07, 6.45) is 3.49. The lowest BCUT2D eigenvalue weighted by atomic mass is 9.88. The molecular formula is C13H23N3O. The lowest BCUT2D eigenvalue weighted by Gasteiger charge is -2.25. The van der Waals surface area contributed by atoms with E-state index in [0.717, 1.165) is 30.8 Å². The molecule has 4 nitrogen and oxygen atoms in total. The van der Waals surface area contributed by atoms with E-state index in [2.05, 4.69) is 24.1 Å². The third kappa shape index (κ3) is 4.61. The molecule has 0 amide bonds. The van der Waals surface area contributed by atoms with E-state index in [9.17, 15) is 0 Å². The molecule has 0 fully saturated rings. The van der Waals surface area contributed by atoms with Gasteiger partial charge in [0.2, 0.25) is 0 Å². The van der Waals surface area contributed by atoms with Crippen molar-refractivity contribution in [3.05, 3.63) is 17.8 Å². The first-order chi connectivity index (χ1) is 7.94. The Morgan fingerprint density at radius 2 is 2.18 bits per heavy atom. The number of pyridine rings is 1. The maximum Gasteiger partial charge on any atom is 0.129 e. The van der Waals surface area contributed by atoms with Crippen LogP contribution in [0.4, 0.5) is 11.5 Å². The van der Waals surface area contributed by atoms with Gasteiger partial charge in [-0.25, -0.2) is 4.98 Å². The average Bonchev–Trinajstić information content (AvgIpc) is 2.25. The van der Waals surface area contributed by atoms with Gasteiger partial charge in [0.15, 0.2) is 0 Å². The van der Waals surface area contributed by atoms with Crippen LogP contribution in [0.15, 0.2) is 12.3 Å². The number of aryl methyl sites for hydroxylation is 1. The molecule has 1 aromatic heterocycles. The molecule has 0 saturated carbocycles. The average molecular weight is 237 g/mol. The molecule has 96 valence electrons. The van der Waals surface area contributed by atoms with Crippen LogP contribution in [0.2, 0.25) is 0 Å². The molecule has 0 aliphatic heterocycles. The Bertz CT molecular complexity index is 364. The summed E-state index contributed by atoms with van der Waals surface area (Å²) in [5, 5.41) is 12.2. The normalized spacial score (nSPS) is 11.5. The first-order valence-electron chi connectivity index (χ1n) is 6.01. The molecule has 0 spiro atoms. The van der Waals surface area contributed by atoms with Gasteiger partial charge in [0, 0.05) is 13.2 Å². The van der Waals surface area contributed by atoms with E-state index < -0.39 is 0 Å². The fourth-order valence-electron chi connectivity index (χ4n) is 1.75. The predicted octanol–water partition coefficient (Wildman–Crippen LogP) is 2.18. The summed E-state index contributed by atoms with van der Waals surface area (Å²) in [4.78, 5) is 4.28. The molecular weight excluding hydrogens is 214 g/mol. The lowest BCUT2D eigenvalue weighted by Crippen LogP contribution is -2.24. The van der Waals surface area contributed by atoms with Crippen LogP contribution in [0, 0.1) is 12.3 Å². The van der Waals surface area contributed by atoms with Crippen molar-refractivity contribution >= 4 is 11.5 Å².